The number of para-hydroxylation sites is 1. The fourth-order valence-electron chi connectivity index (χ4n) is 5.81. The summed E-state index contributed by atoms with van der Waals surface area (Å²) < 4.78 is 8.52. The molecular formula is C33H22N4OPt. The Labute approximate surface area is 240 Å². The Morgan fingerprint density at radius 3 is 2.64 bits per heavy atom. The molecule has 8 rings (SSSR count). The molecule has 6 heteroatoms. The monoisotopic (exact) mass is 685 g/mol. The van der Waals surface area contributed by atoms with Crippen LogP contribution in [0.1, 0.15) is 28.4 Å². The molecule has 0 saturated heterocycles. The van der Waals surface area contributed by atoms with Gasteiger partial charge in [-0.05, 0) is 53.0 Å². The molecule has 0 N–H and O–H groups in total. The van der Waals surface area contributed by atoms with Gasteiger partial charge in [-0.15, -0.1) is 35.9 Å². The Morgan fingerprint density at radius 2 is 1.72 bits per heavy atom. The number of hydrogen-bond donors (Lipinski definition) is 0. The second kappa shape index (κ2) is 9.28. The van der Waals surface area contributed by atoms with Gasteiger partial charge < -0.3 is 19.3 Å². The molecule has 3 aromatic carbocycles. The number of hydrogen-bond acceptors (Lipinski definition) is 4. The molecule has 2 aliphatic rings. The van der Waals surface area contributed by atoms with E-state index in [1.54, 1.807) is 0 Å². The molecule has 0 spiro atoms. The molecule has 0 unspecified atom stereocenters. The van der Waals surface area contributed by atoms with E-state index in [2.05, 4.69) is 100 Å². The van der Waals surface area contributed by atoms with E-state index in [1.807, 2.05) is 24.5 Å². The third kappa shape index (κ3) is 3.84. The van der Waals surface area contributed by atoms with Gasteiger partial charge in [0.1, 0.15) is 18.0 Å². The Hall–Kier alpha value is -4.08. The average molecular weight is 686 g/mol. The maximum absolute atomic E-state index is 6.32. The molecule has 5 nitrogen and oxygen atoms in total. The molecule has 0 saturated carbocycles. The second-order valence-corrected chi connectivity index (χ2v) is 9.95. The van der Waals surface area contributed by atoms with E-state index in [9.17, 15) is 0 Å². The Bertz CT molecular complexity index is 1920. The van der Waals surface area contributed by atoms with Crippen molar-refractivity contribution >= 4 is 27.7 Å². The van der Waals surface area contributed by atoms with Crippen LogP contribution in [0.5, 0.6) is 0 Å². The van der Waals surface area contributed by atoms with Crippen LogP contribution in [0.4, 0.5) is 0 Å². The molecule has 1 aliphatic carbocycles. The first-order valence-electron chi connectivity index (χ1n) is 12.8. The fourth-order valence-corrected chi connectivity index (χ4v) is 5.81. The van der Waals surface area contributed by atoms with Crippen LogP contribution in [0.25, 0.3) is 38.8 Å². The minimum Gasteiger partial charge on any atom is -0.526 e. The zero-order valence-electron chi connectivity index (χ0n) is 21.0. The van der Waals surface area contributed by atoms with Crippen LogP contribution in [-0.4, -0.2) is 26.5 Å². The van der Waals surface area contributed by atoms with Crippen molar-refractivity contribution in [3.05, 3.63) is 126 Å². The van der Waals surface area contributed by atoms with Crippen LogP contribution in [0, 0.1) is 19.1 Å². The molecule has 0 bridgehead atoms. The SMILES string of the molecule is Cc1ccnc(-c2[c-]c3c(cc2)c2ccccc2n3-c2[c-]c(C3=N[C@@H]4c5ccccc5C[C@@H]4O3)ncc2)c1.[Pt+2]. The average Bonchev–Trinajstić information content (AvgIpc) is 3.62. The maximum atomic E-state index is 6.32. The minimum atomic E-state index is 0. The van der Waals surface area contributed by atoms with Gasteiger partial charge in [0.15, 0.2) is 0 Å². The van der Waals surface area contributed by atoms with Crippen molar-refractivity contribution in [2.75, 3.05) is 0 Å². The van der Waals surface area contributed by atoms with Gasteiger partial charge in [0.2, 0.25) is 0 Å². The molecule has 39 heavy (non-hydrogen) atoms. The van der Waals surface area contributed by atoms with Crippen LogP contribution in [0.2, 0.25) is 0 Å². The number of aromatic nitrogens is 3. The summed E-state index contributed by atoms with van der Waals surface area (Å²) in [5.74, 6) is 0.561. The van der Waals surface area contributed by atoms with Crippen LogP contribution < -0.4 is 0 Å². The van der Waals surface area contributed by atoms with E-state index in [-0.39, 0.29) is 33.2 Å². The van der Waals surface area contributed by atoms with Crippen molar-refractivity contribution in [2.24, 2.45) is 4.99 Å². The molecule has 6 aromatic rings. The summed E-state index contributed by atoms with van der Waals surface area (Å²) in [4.78, 5) is 14.1. The Balaban J connectivity index is 0.00000253. The number of ether oxygens (including phenoxy) is 1. The summed E-state index contributed by atoms with van der Waals surface area (Å²) in [6.45, 7) is 2.08. The fraction of sp³-hybridized carbons (Fsp3) is 0.121. The Kier molecular flexibility index (Phi) is 5.71. The molecule has 1 aliphatic heterocycles. The standard InChI is InChI=1S/C33H22N4O.Pt/c1-20-12-14-34-27(16-20)22-10-11-26-25-8-4-5-9-29(25)37(30(26)17-22)23-13-15-35-28(19-23)33-36-32-24-7-3-2-6-21(24)18-31(32)38-33;/h2-16,31-32H,18H2,1H3;/q-2;+2/t31-,32+;/m0./s1. The van der Waals surface area contributed by atoms with E-state index < -0.39 is 0 Å². The number of nitrogens with zero attached hydrogens (tertiary/aromatic N) is 4. The number of aryl methyl sites for hydroxylation is 1. The Morgan fingerprint density at radius 1 is 0.872 bits per heavy atom. The number of pyridine rings is 2. The van der Waals surface area contributed by atoms with E-state index in [0.717, 1.165) is 45.2 Å². The van der Waals surface area contributed by atoms with E-state index >= 15 is 0 Å². The van der Waals surface area contributed by atoms with Gasteiger partial charge in [0.05, 0.1) is 0 Å². The first kappa shape index (κ1) is 24.0. The van der Waals surface area contributed by atoms with Gasteiger partial charge >= 0.3 is 21.1 Å². The van der Waals surface area contributed by atoms with Gasteiger partial charge in [-0.1, -0.05) is 65.2 Å². The third-order valence-corrected chi connectivity index (χ3v) is 7.57. The van der Waals surface area contributed by atoms with Crippen LogP contribution in [-0.2, 0) is 32.2 Å². The first-order valence-corrected chi connectivity index (χ1v) is 12.8. The second-order valence-electron chi connectivity index (χ2n) is 9.95. The zero-order chi connectivity index (χ0) is 25.2. The molecular weight excluding hydrogens is 663 g/mol. The summed E-state index contributed by atoms with van der Waals surface area (Å²) in [5, 5.41) is 2.29. The molecule has 2 atom stereocenters. The third-order valence-electron chi connectivity index (χ3n) is 7.57. The van der Waals surface area contributed by atoms with Crippen LogP contribution in [0.3, 0.4) is 0 Å². The topological polar surface area (TPSA) is 52.3 Å². The van der Waals surface area contributed by atoms with Crippen LogP contribution in [0.15, 0.2) is 96.2 Å². The van der Waals surface area contributed by atoms with Gasteiger partial charge in [-0.3, -0.25) is 4.98 Å². The molecule has 4 heterocycles. The summed E-state index contributed by atoms with van der Waals surface area (Å²) in [6.07, 6.45) is 4.54. The molecule has 0 radical (unpaired) electrons. The predicted octanol–water partition coefficient (Wildman–Crippen LogP) is 6.59. The summed E-state index contributed by atoms with van der Waals surface area (Å²) in [5.41, 5.74) is 9.14. The number of aliphatic imine (C=N–C) groups is 1. The molecule has 190 valence electrons. The van der Waals surface area contributed by atoms with E-state index in [1.165, 1.54) is 16.7 Å². The number of fused-ring (bicyclic) bond motifs is 6. The first-order chi connectivity index (χ1) is 18.7. The van der Waals surface area contributed by atoms with E-state index in [4.69, 9.17) is 9.73 Å². The number of rotatable bonds is 3. The number of benzene rings is 3. The van der Waals surface area contributed by atoms with Gasteiger partial charge in [0.25, 0.3) is 0 Å². The van der Waals surface area contributed by atoms with Crippen LogP contribution >= 0.6 is 0 Å². The minimum absolute atomic E-state index is 0. The van der Waals surface area contributed by atoms with Crippen molar-refractivity contribution in [2.45, 2.75) is 25.5 Å². The van der Waals surface area contributed by atoms with Gasteiger partial charge in [-0.25, -0.2) is 0 Å². The summed E-state index contributed by atoms with van der Waals surface area (Å²) in [7, 11) is 0. The quantitative estimate of drug-likeness (QED) is 0.198. The van der Waals surface area contributed by atoms with E-state index in [0.29, 0.717) is 11.6 Å². The van der Waals surface area contributed by atoms with Gasteiger partial charge in [0, 0.05) is 23.8 Å². The molecule has 0 amide bonds. The summed E-state index contributed by atoms with van der Waals surface area (Å²) in [6, 6.07) is 34.4. The predicted molar refractivity (Wildman–Crippen MR) is 149 cm³/mol. The molecule has 0 fully saturated rings. The summed E-state index contributed by atoms with van der Waals surface area (Å²) >= 11 is 0. The van der Waals surface area contributed by atoms with Crippen molar-refractivity contribution in [3.63, 3.8) is 0 Å². The van der Waals surface area contributed by atoms with Gasteiger partial charge in [-0.2, -0.15) is 0 Å². The van der Waals surface area contributed by atoms with Crippen molar-refractivity contribution < 1.29 is 25.8 Å². The smallest absolute Gasteiger partial charge is 0.526 e. The molecule has 3 aromatic heterocycles. The van der Waals surface area contributed by atoms with Crippen molar-refractivity contribution in [1.82, 2.24) is 14.5 Å². The van der Waals surface area contributed by atoms with Crippen molar-refractivity contribution in [3.8, 4) is 16.9 Å². The zero-order valence-corrected chi connectivity index (χ0v) is 23.3. The largest absolute Gasteiger partial charge is 2.00 e. The van der Waals surface area contributed by atoms with Crippen molar-refractivity contribution in [1.29, 1.82) is 0 Å². The maximum Gasteiger partial charge on any atom is 2.00 e. The normalized spacial score (nSPS) is 17.4.